The highest BCUT2D eigenvalue weighted by atomic mass is 16.3. The number of hydrogen-bond acceptors (Lipinski definition) is 5. The summed E-state index contributed by atoms with van der Waals surface area (Å²) in [6, 6.07) is 0. The monoisotopic (exact) mass is 247 g/mol. The molecule has 0 atom stereocenters. The van der Waals surface area contributed by atoms with Crippen molar-refractivity contribution in [1.82, 2.24) is 19.7 Å². The van der Waals surface area contributed by atoms with Crippen LogP contribution >= 0.6 is 0 Å². The van der Waals surface area contributed by atoms with E-state index in [1.807, 2.05) is 7.05 Å². The van der Waals surface area contributed by atoms with Gasteiger partial charge in [0.2, 0.25) is 0 Å². The number of aryl methyl sites for hydroxylation is 1. The van der Waals surface area contributed by atoms with Crippen LogP contribution in [0.5, 0.6) is 0 Å². The lowest BCUT2D eigenvalue weighted by Gasteiger charge is -2.15. The molecule has 0 saturated heterocycles. The SMILES string of the molecule is Cn1ncc2c(NCC3(CCO)CC3)ncnc21. The molecule has 96 valence electrons. The summed E-state index contributed by atoms with van der Waals surface area (Å²) in [6.07, 6.45) is 6.56. The van der Waals surface area contributed by atoms with Gasteiger partial charge in [-0.2, -0.15) is 5.10 Å². The molecule has 0 aromatic carbocycles. The van der Waals surface area contributed by atoms with Crippen LogP contribution in [-0.4, -0.2) is 38.0 Å². The van der Waals surface area contributed by atoms with Gasteiger partial charge in [0.15, 0.2) is 5.65 Å². The third-order valence-corrected chi connectivity index (χ3v) is 3.76. The Bertz CT molecular complexity index is 561. The lowest BCUT2D eigenvalue weighted by atomic mass is 10.0. The van der Waals surface area contributed by atoms with Gasteiger partial charge < -0.3 is 10.4 Å². The molecule has 1 saturated carbocycles. The highest BCUT2D eigenvalue weighted by Crippen LogP contribution is 2.48. The van der Waals surface area contributed by atoms with Gasteiger partial charge in [-0.15, -0.1) is 0 Å². The van der Waals surface area contributed by atoms with E-state index in [0.717, 1.165) is 29.8 Å². The van der Waals surface area contributed by atoms with E-state index in [9.17, 15) is 0 Å². The third kappa shape index (κ3) is 1.92. The van der Waals surface area contributed by atoms with E-state index in [-0.39, 0.29) is 12.0 Å². The molecule has 2 aromatic heterocycles. The largest absolute Gasteiger partial charge is 0.396 e. The zero-order valence-electron chi connectivity index (χ0n) is 10.4. The van der Waals surface area contributed by atoms with Crippen molar-refractivity contribution in [3.63, 3.8) is 0 Å². The van der Waals surface area contributed by atoms with Gasteiger partial charge in [-0.25, -0.2) is 9.97 Å². The van der Waals surface area contributed by atoms with Gasteiger partial charge in [0.1, 0.15) is 12.1 Å². The van der Waals surface area contributed by atoms with Crippen molar-refractivity contribution in [2.75, 3.05) is 18.5 Å². The fourth-order valence-electron chi connectivity index (χ4n) is 2.30. The molecule has 2 heterocycles. The van der Waals surface area contributed by atoms with Gasteiger partial charge in [0.05, 0.1) is 11.6 Å². The highest BCUT2D eigenvalue weighted by molar-refractivity contribution is 5.85. The van der Waals surface area contributed by atoms with E-state index < -0.39 is 0 Å². The van der Waals surface area contributed by atoms with Crippen LogP contribution in [0.1, 0.15) is 19.3 Å². The summed E-state index contributed by atoms with van der Waals surface area (Å²) in [5, 5.41) is 17.6. The number of aromatic nitrogens is 4. The first kappa shape index (κ1) is 11.4. The molecule has 3 rings (SSSR count). The number of nitrogens with zero attached hydrogens (tertiary/aromatic N) is 4. The zero-order chi connectivity index (χ0) is 12.6. The minimum Gasteiger partial charge on any atom is -0.396 e. The molecule has 2 aromatic rings. The zero-order valence-corrected chi connectivity index (χ0v) is 10.4. The number of hydrogen-bond donors (Lipinski definition) is 2. The summed E-state index contributed by atoms with van der Waals surface area (Å²) in [5.41, 5.74) is 1.10. The predicted molar refractivity (Wildman–Crippen MR) is 68.2 cm³/mol. The maximum absolute atomic E-state index is 9.05. The smallest absolute Gasteiger partial charge is 0.163 e. The predicted octanol–water partition coefficient (Wildman–Crippen LogP) is 0.938. The number of anilines is 1. The number of aliphatic hydroxyl groups is 1. The molecule has 6 heteroatoms. The molecule has 0 amide bonds. The van der Waals surface area contributed by atoms with Gasteiger partial charge >= 0.3 is 0 Å². The number of fused-ring (bicyclic) bond motifs is 1. The van der Waals surface area contributed by atoms with E-state index in [4.69, 9.17) is 5.11 Å². The molecular weight excluding hydrogens is 230 g/mol. The molecule has 1 aliphatic carbocycles. The van der Waals surface area contributed by atoms with Crippen molar-refractivity contribution in [2.24, 2.45) is 12.5 Å². The van der Waals surface area contributed by atoms with Crippen LogP contribution in [0.4, 0.5) is 5.82 Å². The molecular formula is C12H17N5O. The average Bonchev–Trinajstić information content (AvgIpc) is 3.04. The summed E-state index contributed by atoms with van der Waals surface area (Å²) < 4.78 is 1.74. The summed E-state index contributed by atoms with van der Waals surface area (Å²) >= 11 is 0. The Kier molecular flexibility index (Phi) is 2.66. The maximum atomic E-state index is 9.05. The first-order chi connectivity index (χ1) is 8.74. The standard InChI is InChI=1S/C12H17N5O/c1-17-11-9(6-16-17)10(14-8-15-11)13-7-12(2-3-12)4-5-18/h6,8,18H,2-5,7H2,1H3,(H,13,14,15). The third-order valence-electron chi connectivity index (χ3n) is 3.76. The Labute approximate surface area is 105 Å². The molecule has 1 aliphatic rings. The fraction of sp³-hybridized carbons (Fsp3) is 0.583. The molecule has 6 nitrogen and oxygen atoms in total. The summed E-state index contributed by atoms with van der Waals surface area (Å²) in [5.74, 6) is 0.831. The first-order valence-corrected chi connectivity index (χ1v) is 6.22. The van der Waals surface area contributed by atoms with Gasteiger partial charge in [-0.05, 0) is 24.7 Å². The topological polar surface area (TPSA) is 75.9 Å². The Balaban J connectivity index is 1.79. The Morgan fingerprint density at radius 2 is 2.28 bits per heavy atom. The van der Waals surface area contributed by atoms with Gasteiger partial charge in [-0.1, -0.05) is 0 Å². The van der Waals surface area contributed by atoms with Crippen LogP contribution in [0.3, 0.4) is 0 Å². The van der Waals surface area contributed by atoms with Gasteiger partial charge in [0.25, 0.3) is 0 Å². The Morgan fingerprint density at radius 1 is 1.44 bits per heavy atom. The summed E-state index contributed by atoms with van der Waals surface area (Å²) in [4.78, 5) is 8.48. The van der Waals surface area contributed by atoms with Crippen LogP contribution in [0.25, 0.3) is 11.0 Å². The second kappa shape index (κ2) is 4.20. The molecule has 0 bridgehead atoms. The van der Waals surface area contributed by atoms with E-state index in [1.54, 1.807) is 17.2 Å². The van der Waals surface area contributed by atoms with Gasteiger partial charge in [0, 0.05) is 20.2 Å². The van der Waals surface area contributed by atoms with E-state index in [0.29, 0.717) is 0 Å². The summed E-state index contributed by atoms with van der Waals surface area (Å²) in [7, 11) is 1.87. The molecule has 2 N–H and O–H groups in total. The van der Waals surface area contributed by atoms with Crippen molar-refractivity contribution in [3.05, 3.63) is 12.5 Å². The lowest BCUT2D eigenvalue weighted by molar-refractivity contribution is 0.253. The van der Waals surface area contributed by atoms with E-state index in [1.165, 1.54) is 12.8 Å². The van der Waals surface area contributed by atoms with Crippen LogP contribution in [0.15, 0.2) is 12.5 Å². The summed E-state index contributed by atoms with van der Waals surface area (Å²) in [6.45, 7) is 1.11. The van der Waals surface area contributed by atoms with Gasteiger partial charge in [-0.3, -0.25) is 4.68 Å². The number of aliphatic hydroxyl groups excluding tert-OH is 1. The second-order valence-corrected chi connectivity index (χ2v) is 5.05. The Hall–Kier alpha value is -1.69. The van der Waals surface area contributed by atoms with Crippen molar-refractivity contribution in [2.45, 2.75) is 19.3 Å². The fourth-order valence-corrected chi connectivity index (χ4v) is 2.30. The van der Waals surface area contributed by atoms with Crippen LogP contribution < -0.4 is 5.32 Å². The van der Waals surface area contributed by atoms with Crippen molar-refractivity contribution in [3.8, 4) is 0 Å². The van der Waals surface area contributed by atoms with Crippen molar-refractivity contribution >= 4 is 16.9 Å². The molecule has 1 fully saturated rings. The van der Waals surface area contributed by atoms with Crippen LogP contribution in [0, 0.1) is 5.41 Å². The minimum absolute atomic E-state index is 0.258. The number of nitrogens with one attached hydrogen (secondary N) is 1. The first-order valence-electron chi connectivity index (χ1n) is 6.22. The van der Waals surface area contributed by atoms with E-state index in [2.05, 4.69) is 20.4 Å². The quantitative estimate of drug-likeness (QED) is 0.822. The molecule has 0 spiro atoms. The van der Waals surface area contributed by atoms with Crippen LogP contribution in [-0.2, 0) is 7.05 Å². The average molecular weight is 247 g/mol. The number of rotatable bonds is 5. The normalized spacial score (nSPS) is 17.0. The molecule has 0 radical (unpaired) electrons. The molecule has 0 aliphatic heterocycles. The van der Waals surface area contributed by atoms with E-state index >= 15 is 0 Å². The highest BCUT2D eigenvalue weighted by Gasteiger charge is 2.41. The van der Waals surface area contributed by atoms with Crippen LogP contribution in [0.2, 0.25) is 0 Å². The lowest BCUT2D eigenvalue weighted by Crippen LogP contribution is -2.17. The molecule has 18 heavy (non-hydrogen) atoms. The molecule has 0 unspecified atom stereocenters. The Morgan fingerprint density at radius 3 is 3.00 bits per heavy atom. The second-order valence-electron chi connectivity index (χ2n) is 5.05. The van der Waals surface area contributed by atoms with Crippen molar-refractivity contribution in [1.29, 1.82) is 0 Å². The minimum atomic E-state index is 0.258. The maximum Gasteiger partial charge on any atom is 0.163 e. The van der Waals surface area contributed by atoms with Crippen molar-refractivity contribution < 1.29 is 5.11 Å².